The van der Waals surface area contributed by atoms with Crippen molar-refractivity contribution in [2.45, 2.75) is 19.8 Å². The van der Waals surface area contributed by atoms with E-state index >= 15 is 0 Å². The second-order valence-corrected chi connectivity index (χ2v) is 6.93. The molecule has 162 valence electrons. The third-order valence-electron chi connectivity index (χ3n) is 4.87. The zero-order valence-electron chi connectivity index (χ0n) is 17.4. The lowest BCUT2D eigenvalue weighted by molar-refractivity contribution is -0.121. The Morgan fingerprint density at radius 2 is 1.93 bits per heavy atom. The van der Waals surface area contributed by atoms with E-state index < -0.39 is 0 Å². The molecule has 0 bridgehead atoms. The average molecular weight is 416 g/mol. The molecular formula is C21H28N4O5. The molecule has 3 rings (SSSR count). The Kier molecular flexibility index (Phi) is 7.67. The first-order chi connectivity index (χ1) is 14.6. The van der Waals surface area contributed by atoms with Gasteiger partial charge in [0.1, 0.15) is 18.1 Å². The Hall–Kier alpha value is -3.07. The van der Waals surface area contributed by atoms with Crippen molar-refractivity contribution < 1.29 is 19.0 Å². The highest BCUT2D eigenvalue weighted by molar-refractivity contribution is 5.76. The number of nitrogens with zero attached hydrogens (tertiary/aromatic N) is 2. The fraction of sp³-hybridized carbons (Fsp3) is 0.476. The van der Waals surface area contributed by atoms with E-state index in [0.29, 0.717) is 68.8 Å². The summed E-state index contributed by atoms with van der Waals surface area (Å²) >= 11 is 0. The molecule has 0 aliphatic carbocycles. The van der Waals surface area contributed by atoms with Gasteiger partial charge in [0.05, 0.1) is 26.9 Å². The van der Waals surface area contributed by atoms with Gasteiger partial charge in [0, 0.05) is 30.8 Å². The van der Waals surface area contributed by atoms with Gasteiger partial charge < -0.3 is 24.4 Å². The van der Waals surface area contributed by atoms with E-state index in [1.54, 1.807) is 14.0 Å². The number of aryl methyl sites for hydroxylation is 1. The maximum Gasteiger partial charge on any atom is 0.255 e. The third kappa shape index (κ3) is 5.96. The van der Waals surface area contributed by atoms with Gasteiger partial charge in [-0.2, -0.15) is 0 Å². The van der Waals surface area contributed by atoms with Crippen LogP contribution in [0.25, 0.3) is 0 Å². The summed E-state index contributed by atoms with van der Waals surface area (Å²) in [6, 6.07) is 7.24. The Morgan fingerprint density at radius 1 is 1.23 bits per heavy atom. The van der Waals surface area contributed by atoms with Crippen molar-refractivity contribution in [1.82, 2.24) is 15.3 Å². The van der Waals surface area contributed by atoms with Crippen LogP contribution in [0.5, 0.6) is 11.5 Å². The summed E-state index contributed by atoms with van der Waals surface area (Å²) in [7, 11) is 1.61. The SMILES string of the molecule is COc1ccc(OCCNC(=O)CCc2c(C)nc(N3CCOCC3)[nH]c2=O)cc1. The maximum atomic E-state index is 12.5. The molecule has 2 heterocycles. The highest BCUT2D eigenvalue weighted by Crippen LogP contribution is 2.16. The molecule has 1 aromatic heterocycles. The molecule has 0 atom stereocenters. The number of carbonyl (C=O) groups is 1. The number of benzene rings is 1. The van der Waals surface area contributed by atoms with E-state index in [1.165, 1.54) is 0 Å². The molecule has 1 saturated heterocycles. The first-order valence-electron chi connectivity index (χ1n) is 10.0. The number of aromatic nitrogens is 2. The van der Waals surface area contributed by atoms with Gasteiger partial charge in [-0.05, 0) is 37.6 Å². The molecule has 9 nitrogen and oxygen atoms in total. The molecule has 1 aliphatic heterocycles. The van der Waals surface area contributed by atoms with Crippen LogP contribution in [0.2, 0.25) is 0 Å². The predicted octanol–water partition coefficient (Wildman–Crippen LogP) is 1.05. The van der Waals surface area contributed by atoms with Crippen molar-refractivity contribution in [2.75, 3.05) is 51.5 Å². The van der Waals surface area contributed by atoms with Crippen LogP contribution in [-0.2, 0) is 16.0 Å². The number of morpholine rings is 1. The molecule has 1 amide bonds. The van der Waals surface area contributed by atoms with Crippen LogP contribution in [0.3, 0.4) is 0 Å². The number of hydrogen-bond donors (Lipinski definition) is 2. The van der Waals surface area contributed by atoms with Crippen molar-refractivity contribution in [1.29, 1.82) is 0 Å². The number of hydrogen-bond acceptors (Lipinski definition) is 7. The predicted molar refractivity (Wildman–Crippen MR) is 112 cm³/mol. The van der Waals surface area contributed by atoms with Crippen molar-refractivity contribution in [3.63, 3.8) is 0 Å². The lowest BCUT2D eigenvalue weighted by atomic mass is 10.1. The molecule has 30 heavy (non-hydrogen) atoms. The normalized spacial score (nSPS) is 13.7. The standard InChI is InChI=1S/C21H28N4O5/c1-15-18(20(27)24-21(23-15)25-10-13-29-14-11-25)7-8-19(26)22-9-12-30-17-5-3-16(28-2)4-6-17/h3-6H,7-14H2,1-2H3,(H,22,26)(H,23,24,27). The summed E-state index contributed by atoms with van der Waals surface area (Å²) < 4.78 is 16.0. The molecule has 0 saturated carbocycles. The monoisotopic (exact) mass is 416 g/mol. The Bertz CT molecular complexity index is 891. The molecule has 1 aliphatic rings. The van der Waals surface area contributed by atoms with E-state index in [4.69, 9.17) is 14.2 Å². The van der Waals surface area contributed by atoms with Crippen LogP contribution in [0.15, 0.2) is 29.1 Å². The quantitative estimate of drug-likeness (QED) is 0.589. The van der Waals surface area contributed by atoms with Crippen LogP contribution in [-0.4, -0.2) is 62.4 Å². The minimum Gasteiger partial charge on any atom is -0.497 e. The number of H-pyrrole nitrogens is 1. The van der Waals surface area contributed by atoms with Crippen LogP contribution in [0.4, 0.5) is 5.95 Å². The molecule has 0 radical (unpaired) electrons. The Morgan fingerprint density at radius 3 is 2.60 bits per heavy atom. The molecule has 1 fully saturated rings. The summed E-state index contributed by atoms with van der Waals surface area (Å²) in [5.74, 6) is 1.89. The van der Waals surface area contributed by atoms with E-state index in [1.807, 2.05) is 29.2 Å². The number of ether oxygens (including phenoxy) is 3. The third-order valence-corrected chi connectivity index (χ3v) is 4.87. The van der Waals surface area contributed by atoms with Crippen molar-refractivity contribution in [2.24, 2.45) is 0 Å². The molecule has 1 aromatic carbocycles. The van der Waals surface area contributed by atoms with Crippen LogP contribution >= 0.6 is 0 Å². The van der Waals surface area contributed by atoms with E-state index in [9.17, 15) is 9.59 Å². The number of carbonyl (C=O) groups excluding carboxylic acids is 1. The highest BCUT2D eigenvalue weighted by Gasteiger charge is 2.16. The van der Waals surface area contributed by atoms with Crippen molar-refractivity contribution in [3.8, 4) is 11.5 Å². The van der Waals surface area contributed by atoms with Gasteiger partial charge in [-0.25, -0.2) is 4.98 Å². The van der Waals surface area contributed by atoms with Gasteiger partial charge in [-0.15, -0.1) is 0 Å². The van der Waals surface area contributed by atoms with Gasteiger partial charge in [-0.3, -0.25) is 14.6 Å². The van der Waals surface area contributed by atoms with E-state index in [0.717, 1.165) is 5.75 Å². The van der Waals surface area contributed by atoms with E-state index in [-0.39, 0.29) is 17.9 Å². The zero-order valence-corrected chi connectivity index (χ0v) is 17.4. The minimum absolute atomic E-state index is 0.135. The highest BCUT2D eigenvalue weighted by atomic mass is 16.5. The van der Waals surface area contributed by atoms with Gasteiger partial charge in [0.25, 0.3) is 5.56 Å². The minimum atomic E-state index is -0.195. The van der Waals surface area contributed by atoms with Crippen LogP contribution < -0.4 is 25.2 Å². The topological polar surface area (TPSA) is 106 Å². The summed E-state index contributed by atoms with van der Waals surface area (Å²) in [6.07, 6.45) is 0.549. The van der Waals surface area contributed by atoms with E-state index in [2.05, 4.69) is 15.3 Å². The lowest BCUT2D eigenvalue weighted by Gasteiger charge is -2.27. The van der Waals surface area contributed by atoms with Crippen LogP contribution in [0, 0.1) is 6.92 Å². The molecule has 2 N–H and O–H groups in total. The number of nitrogens with one attached hydrogen (secondary N) is 2. The Balaban J connectivity index is 1.43. The number of anilines is 1. The largest absolute Gasteiger partial charge is 0.497 e. The number of aromatic amines is 1. The summed E-state index contributed by atoms with van der Waals surface area (Å²) in [4.78, 5) is 33.9. The lowest BCUT2D eigenvalue weighted by Crippen LogP contribution is -2.38. The molecule has 9 heteroatoms. The first kappa shape index (κ1) is 21.6. The Labute approximate surface area is 175 Å². The maximum absolute atomic E-state index is 12.5. The number of methoxy groups -OCH3 is 1. The summed E-state index contributed by atoms with van der Waals surface area (Å²) in [6.45, 7) is 5.17. The fourth-order valence-corrected chi connectivity index (χ4v) is 3.17. The molecule has 2 aromatic rings. The average Bonchev–Trinajstić information content (AvgIpc) is 2.77. The second-order valence-electron chi connectivity index (χ2n) is 6.93. The molecule has 0 spiro atoms. The molecule has 0 unspecified atom stereocenters. The van der Waals surface area contributed by atoms with Gasteiger partial charge >= 0.3 is 0 Å². The zero-order chi connectivity index (χ0) is 21.3. The van der Waals surface area contributed by atoms with Gasteiger partial charge in [0.15, 0.2) is 0 Å². The second kappa shape index (κ2) is 10.6. The number of amides is 1. The van der Waals surface area contributed by atoms with Gasteiger partial charge in [0.2, 0.25) is 11.9 Å². The smallest absolute Gasteiger partial charge is 0.255 e. The summed E-state index contributed by atoms with van der Waals surface area (Å²) in [5, 5.41) is 2.80. The number of rotatable bonds is 9. The van der Waals surface area contributed by atoms with Crippen molar-refractivity contribution >= 4 is 11.9 Å². The van der Waals surface area contributed by atoms with Crippen molar-refractivity contribution in [3.05, 3.63) is 45.9 Å². The fourth-order valence-electron chi connectivity index (χ4n) is 3.17. The first-order valence-corrected chi connectivity index (χ1v) is 10.0. The summed E-state index contributed by atoms with van der Waals surface area (Å²) in [5.41, 5.74) is 0.993. The van der Waals surface area contributed by atoms with Gasteiger partial charge in [-0.1, -0.05) is 0 Å². The van der Waals surface area contributed by atoms with Crippen LogP contribution in [0.1, 0.15) is 17.7 Å². The molecular weight excluding hydrogens is 388 g/mol.